The fourth-order valence-corrected chi connectivity index (χ4v) is 5.70. The second-order valence-electron chi connectivity index (χ2n) is 12.3. The number of carbonyl (C=O) groups is 1. The quantitative estimate of drug-likeness (QED) is 0.119. The molecule has 236 valence electrons. The number of aliphatic hydroxyl groups is 4. The third-order valence-electron chi connectivity index (χ3n) is 8.91. The van der Waals surface area contributed by atoms with Crippen LogP contribution in [0.4, 0.5) is 4.39 Å². The summed E-state index contributed by atoms with van der Waals surface area (Å²) in [6.07, 6.45) is -5.55. The van der Waals surface area contributed by atoms with E-state index in [0.29, 0.717) is 19.3 Å². The van der Waals surface area contributed by atoms with Crippen LogP contribution in [0.25, 0.3) is 0 Å². The largest absolute Gasteiger partial charge is 0.388 e. The van der Waals surface area contributed by atoms with E-state index in [1.54, 1.807) is 6.92 Å². The van der Waals surface area contributed by atoms with Gasteiger partial charge in [0.15, 0.2) is 18.2 Å². The molecule has 12 atom stereocenters. The van der Waals surface area contributed by atoms with Crippen LogP contribution in [-0.2, 0) is 23.7 Å². The third-order valence-corrected chi connectivity index (χ3v) is 8.91. The van der Waals surface area contributed by atoms with Gasteiger partial charge < -0.3 is 66.9 Å². The molecule has 6 unspecified atom stereocenters. The van der Waals surface area contributed by atoms with Crippen LogP contribution in [0, 0.1) is 11.3 Å². The number of aliphatic hydroxyl groups excluding tert-OH is 2. The van der Waals surface area contributed by atoms with Crippen molar-refractivity contribution in [1.29, 1.82) is 5.41 Å². The highest BCUT2D eigenvalue weighted by Gasteiger charge is 2.52. The van der Waals surface area contributed by atoms with Crippen LogP contribution in [-0.4, -0.2) is 131 Å². The second-order valence-corrected chi connectivity index (χ2v) is 12.3. The number of carbonyl (C=O) groups excluding carboxylic acids is 1. The van der Waals surface area contributed by atoms with Crippen molar-refractivity contribution in [3.05, 3.63) is 0 Å². The molecule has 15 heteroatoms. The molecule has 3 aliphatic heterocycles. The van der Waals surface area contributed by atoms with E-state index in [0.717, 1.165) is 0 Å². The van der Waals surface area contributed by atoms with Crippen molar-refractivity contribution in [2.45, 2.75) is 118 Å². The lowest BCUT2D eigenvalue weighted by Crippen LogP contribution is -2.72. The maximum absolute atomic E-state index is 12.9. The lowest BCUT2D eigenvalue weighted by molar-refractivity contribution is -0.314. The van der Waals surface area contributed by atoms with Crippen molar-refractivity contribution in [1.82, 2.24) is 10.6 Å². The summed E-state index contributed by atoms with van der Waals surface area (Å²) in [5, 5.41) is 56.5. The number of hydrogen-bond acceptors (Lipinski definition) is 13. The smallest absolute Gasteiger partial charge is 0.254 e. The first-order chi connectivity index (χ1) is 19.3. The van der Waals surface area contributed by atoms with E-state index in [1.165, 1.54) is 6.92 Å². The second kappa shape index (κ2) is 13.1. The Hall–Kier alpha value is -1.37. The van der Waals surface area contributed by atoms with E-state index < -0.39 is 84.8 Å². The minimum Gasteiger partial charge on any atom is -0.388 e. The Labute approximate surface area is 238 Å². The van der Waals surface area contributed by atoms with E-state index in [2.05, 4.69) is 10.6 Å². The van der Waals surface area contributed by atoms with Gasteiger partial charge in [0.05, 0.1) is 30.4 Å². The van der Waals surface area contributed by atoms with Crippen molar-refractivity contribution in [3.63, 3.8) is 0 Å². The predicted octanol–water partition coefficient (Wildman–Crippen LogP) is -2.63. The van der Waals surface area contributed by atoms with E-state index in [1.807, 2.05) is 0 Å². The molecule has 14 nitrogen and oxygen atoms in total. The number of nitrogens with one attached hydrogen (secondary N) is 3. The number of nitrogens with two attached hydrogens (primary N) is 2. The summed E-state index contributed by atoms with van der Waals surface area (Å²) in [4.78, 5) is 12.9. The molecular weight excluding hydrogens is 545 g/mol. The van der Waals surface area contributed by atoms with Crippen LogP contribution >= 0.6 is 0 Å². The first-order valence-electron chi connectivity index (χ1n) is 14.3. The van der Waals surface area contributed by atoms with Crippen molar-refractivity contribution in [2.75, 3.05) is 26.4 Å². The van der Waals surface area contributed by atoms with Crippen molar-refractivity contribution >= 4 is 11.6 Å². The van der Waals surface area contributed by atoms with Crippen LogP contribution in [0.3, 0.4) is 0 Å². The fourth-order valence-electron chi connectivity index (χ4n) is 5.70. The van der Waals surface area contributed by atoms with Gasteiger partial charge in [-0.1, -0.05) is 6.92 Å². The predicted molar refractivity (Wildman–Crippen MR) is 142 cm³/mol. The number of alkyl halides is 1. The van der Waals surface area contributed by atoms with Gasteiger partial charge >= 0.3 is 0 Å². The monoisotopic (exact) mass is 591 g/mol. The Balaban J connectivity index is 1.49. The molecule has 41 heavy (non-hydrogen) atoms. The van der Waals surface area contributed by atoms with Crippen molar-refractivity contribution in [3.8, 4) is 0 Å². The van der Waals surface area contributed by atoms with Crippen LogP contribution in [0.1, 0.15) is 46.0 Å². The highest BCUT2D eigenvalue weighted by molar-refractivity contribution is 5.87. The molecule has 4 rings (SSSR count). The highest BCUT2D eigenvalue weighted by Crippen LogP contribution is 2.34. The average molecular weight is 592 g/mol. The lowest BCUT2D eigenvalue weighted by atomic mass is 9.82. The Kier molecular flexibility index (Phi) is 10.4. The zero-order valence-corrected chi connectivity index (χ0v) is 23.6. The molecule has 1 aliphatic carbocycles. The minimum absolute atomic E-state index is 0.0240. The molecule has 0 aromatic rings. The Bertz CT molecular complexity index is 928. The van der Waals surface area contributed by atoms with Gasteiger partial charge in [0, 0.05) is 30.8 Å². The van der Waals surface area contributed by atoms with Gasteiger partial charge in [-0.3, -0.25) is 4.79 Å². The average Bonchev–Trinajstić information content (AvgIpc) is 2.91. The molecule has 4 aliphatic rings. The molecule has 0 spiro atoms. The van der Waals surface area contributed by atoms with Crippen LogP contribution in [0.15, 0.2) is 0 Å². The molecule has 0 aromatic heterocycles. The first kappa shape index (κ1) is 32.5. The van der Waals surface area contributed by atoms with Gasteiger partial charge in [-0.15, -0.1) is 0 Å². The zero-order valence-electron chi connectivity index (χ0n) is 23.6. The molecule has 11 N–H and O–H groups in total. The van der Waals surface area contributed by atoms with E-state index >= 15 is 0 Å². The number of hydrogen-bond donors (Lipinski definition) is 9. The van der Waals surface area contributed by atoms with Gasteiger partial charge in [-0.25, -0.2) is 4.39 Å². The molecular formula is C26H46FN5O9. The Morgan fingerprint density at radius 2 is 1.80 bits per heavy atom. The van der Waals surface area contributed by atoms with Crippen LogP contribution in [0.2, 0.25) is 0 Å². The summed E-state index contributed by atoms with van der Waals surface area (Å²) in [7, 11) is 0. The maximum atomic E-state index is 12.9. The van der Waals surface area contributed by atoms with Gasteiger partial charge in [-0.05, 0) is 39.0 Å². The topological polar surface area (TPSA) is 235 Å². The molecule has 0 radical (unpaired) electrons. The van der Waals surface area contributed by atoms with Gasteiger partial charge in [0.2, 0.25) is 0 Å². The molecule has 4 fully saturated rings. The number of β-amino-alcohol motifs (C(OH)–C–C–N with tert-alkyl or cyclic N) is 1. The summed E-state index contributed by atoms with van der Waals surface area (Å²) in [6.45, 7) is 2.36. The van der Waals surface area contributed by atoms with Gasteiger partial charge in [0.25, 0.3) is 5.91 Å². The molecule has 0 bridgehead atoms. The van der Waals surface area contributed by atoms with E-state index in [9.17, 15) is 29.6 Å². The lowest BCUT2D eigenvalue weighted by Gasteiger charge is -2.49. The van der Waals surface area contributed by atoms with Crippen molar-refractivity contribution in [2.24, 2.45) is 17.4 Å². The van der Waals surface area contributed by atoms with Crippen LogP contribution in [0.5, 0.6) is 0 Å². The summed E-state index contributed by atoms with van der Waals surface area (Å²) in [5.41, 5.74) is 9.76. The SMILES string of the molecule is C[C@@H]1C(O)[C@@H](OC2C(O)C(O[C@H]3O[C@H](CCC(=N)CF)CCC3N)[C@@H](N)C[C@H]2NC(=O)C2(O)CNC2)OCC1(C)O. The maximum Gasteiger partial charge on any atom is 0.254 e. The highest BCUT2D eigenvalue weighted by atomic mass is 19.1. The Morgan fingerprint density at radius 1 is 1.12 bits per heavy atom. The molecule has 3 saturated heterocycles. The van der Waals surface area contributed by atoms with Crippen LogP contribution < -0.4 is 22.1 Å². The molecule has 1 amide bonds. The number of amides is 1. The summed E-state index contributed by atoms with van der Waals surface area (Å²) in [6, 6.07) is -2.22. The number of rotatable bonds is 10. The summed E-state index contributed by atoms with van der Waals surface area (Å²) >= 11 is 0. The molecule has 0 aromatic carbocycles. The van der Waals surface area contributed by atoms with Gasteiger partial charge in [0.1, 0.15) is 31.1 Å². The standard InChI is InChI=1S/C26H46FN5O9/c1-12-18(33)23(38-11-25(12,2)36)41-21-17(32-24(35)26(37)9-31-10-26)7-16(30)20(19(21)34)40-22-15(29)6-5-14(39-22)4-3-13(28)8-27/h12,14-23,28,31,33-34,36-37H,3-11,29-30H2,1-2H3,(H,32,35)/t12-,14-,15?,16+,17-,18?,19?,20?,21?,22-,23-,25?/m1/s1. The number of halogens is 1. The summed E-state index contributed by atoms with van der Waals surface area (Å²) < 4.78 is 36.6. The molecule has 3 heterocycles. The molecule has 1 saturated carbocycles. The van der Waals surface area contributed by atoms with Gasteiger partial charge in [-0.2, -0.15) is 0 Å². The summed E-state index contributed by atoms with van der Waals surface area (Å²) in [5.74, 6) is -1.29. The van der Waals surface area contributed by atoms with E-state index in [-0.39, 0.29) is 44.4 Å². The van der Waals surface area contributed by atoms with Crippen molar-refractivity contribution < 1.29 is 48.6 Å². The third kappa shape index (κ3) is 7.24. The zero-order chi connectivity index (χ0) is 30.1. The number of ether oxygens (including phenoxy) is 4. The first-order valence-corrected chi connectivity index (χ1v) is 14.3. The Morgan fingerprint density at radius 3 is 2.44 bits per heavy atom. The van der Waals surface area contributed by atoms with E-state index in [4.69, 9.17) is 35.8 Å². The minimum atomic E-state index is -1.61. The normalized spacial score (nSPS) is 44.6. The fraction of sp³-hybridized carbons (Fsp3) is 0.923.